The van der Waals surface area contributed by atoms with Crippen molar-refractivity contribution in [1.29, 1.82) is 0 Å². The number of primary amides is 1. The van der Waals surface area contributed by atoms with Crippen LogP contribution >= 0.6 is 0 Å². The van der Waals surface area contributed by atoms with Crippen molar-refractivity contribution in [3.05, 3.63) is 0 Å². The van der Waals surface area contributed by atoms with E-state index in [1.165, 1.54) is 0 Å². The molecule has 0 aromatic rings. The fourth-order valence-electron chi connectivity index (χ4n) is 0.765. The molecule has 0 aromatic carbocycles. The molecular weight excluding hydrogens is 192 g/mol. The Hall–Kier alpha value is -1.63. The van der Waals surface area contributed by atoms with Gasteiger partial charge in [-0.15, -0.1) is 0 Å². The summed E-state index contributed by atoms with van der Waals surface area (Å²) < 4.78 is 0. The molecule has 0 aliphatic heterocycles. The summed E-state index contributed by atoms with van der Waals surface area (Å²) in [6.07, 6.45) is -0.754. The summed E-state index contributed by atoms with van der Waals surface area (Å²) in [5, 5.41) is 18.8. The van der Waals surface area contributed by atoms with E-state index >= 15 is 0 Å². The molecule has 0 saturated heterocycles. The summed E-state index contributed by atoms with van der Waals surface area (Å²) in [5.41, 5.74) is 4.85. The lowest BCUT2D eigenvalue weighted by molar-refractivity contribution is -0.140. The van der Waals surface area contributed by atoms with E-state index in [0.717, 1.165) is 0 Å². The van der Waals surface area contributed by atoms with E-state index in [1.807, 2.05) is 0 Å². The predicted molar refractivity (Wildman–Crippen MR) is 45.1 cm³/mol. The van der Waals surface area contributed by atoms with Crippen molar-refractivity contribution in [3.8, 4) is 0 Å². The number of carbonyl (C=O) groups is 3. The normalized spacial score (nSPS) is 11.8. The molecule has 0 aliphatic carbocycles. The van der Waals surface area contributed by atoms with E-state index in [4.69, 9.17) is 15.9 Å². The number of nitrogens with two attached hydrogens (primary N) is 1. The lowest BCUT2D eigenvalue weighted by Gasteiger charge is -2.12. The molecule has 2 amide bonds. The maximum Gasteiger partial charge on any atom is 0.305 e. The minimum Gasteiger partial charge on any atom is -0.481 e. The Balaban J connectivity index is 4.16. The molecule has 0 bridgehead atoms. The lowest BCUT2D eigenvalue weighted by atomic mass is 10.2. The van der Waals surface area contributed by atoms with Crippen molar-refractivity contribution in [2.75, 3.05) is 6.61 Å². The maximum atomic E-state index is 10.9. The van der Waals surface area contributed by atoms with Gasteiger partial charge in [0.05, 0.1) is 13.0 Å². The summed E-state index contributed by atoms with van der Waals surface area (Å²) in [7, 11) is 0. The third-order valence-corrected chi connectivity index (χ3v) is 1.40. The standard InChI is InChI=1S/C7H12N2O5/c8-7(14)4(3-6(12)13)9-5(11)1-2-10/h4,10H,1-3H2,(H2,8,14)(H,9,11)(H,12,13). The summed E-state index contributed by atoms with van der Waals surface area (Å²) >= 11 is 0. The SMILES string of the molecule is NC(=O)C(CC(=O)O)NC(=O)CCO. The molecule has 0 saturated carbocycles. The Morgan fingerprint density at radius 2 is 1.93 bits per heavy atom. The van der Waals surface area contributed by atoms with Crippen LogP contribution in [0.1, 0.15) is 12.8 Å². The topological polar surface area (TPSA) is 130 Å². The Kier molecular flexibility index (Phi) is 5.23. The third-order valence-electron chi connectivity index (χ3n) is 1.40. The number of aliphatic carboxylic acids is 1. The first-order chi connectivity index (χ1) is 6.47. The van der Waals surface area contributed by atoms with Crippen LogP contribution in [0.4, 0.5) is 0 Å². The Bertz CT molecular complexity index is 240. The van der Waals surface area contributed by atoms with Crippen LogP contribution in [0, 0.1) is 0 Å². The minimum atomic E-state index is -1.24. The van der Waals surface area contributed by atoms with Gasteiger partial charge in [0.2, 0.25) is 11.8 Å². The number of amides is 2. The van der Waals surface area contributed by atoms with Gasteiger partial charge >= 0.3 is 5.97 Å². The van der Waals surface area contributed by atoms with E-state index < -0.39 is 30.2 Å². The maximum absolute atomic E-state index is 10.9. The van der Waals surface area contributed by atoms with Crippen molar-refractivity contribution < 1.29 is 24.6 Å². The van der Waals surface area contributed by atoms with Crippen LogP contribution in [0.25, 0.3) is 0 Å². The molecule has 80 valence electrons. The molecule has 1 unspecified atom stereocenters. The minimum absolute atomic E-state index is 0.191. The van der Waals surface area contributed by atoms with Gasteiger partial charge in [-0.05, 0) is 0 Å². The highest BCUT2D eigenvalue weighted by Gasteiger charge is 2.20. The second-order valence-corrected chi connectivity index (χ2v) is 2.59. The largest absolute Gasteiger partial charge is 0.481 e. The average molecular weight is 204 g/mol. The molecule has 0 heterocycles. The van der Waals surface area contributed by atoms with Gasteiger partial charge in [0, 0.05) is 6.42 Å². The van der Waals surface area contributed by atoms with E-state index in [9.17, 15) is 14.4 Å². The smallest absolute Gasteiger partial charge is 0.305 e. The Labute approximate surface area is 79.9 Å². The fourth-order valence-corrected chi connectivity index (χ4v) is 0.765. The zero-order chi connectivity index (χ0) is 11.1. The zero-order valence-electron chi connectivity index (χ0n) is 7.40. The summed E-state index contributed by atoms with van der Waals surface area (Å²) in [6.45, 7) is -0.371. The van der Waals surface area contributed by atoms with E-state index in [-0.39, 0.29) is 13.0 Å². The third kappa shape index (κ3) is 5.09. The van der Waals surface area contributed by atoms with Crippen LogP contribution < -0.4 is 11.1 Å². The van der Waals surface area contributed by atoms with E-state index in [1.54, 1.807) is 0 Å². The van der Waals surface area contributed by atoms with Gasteiger partial charge < -0.3 is 21.3 Å². The number of aliphatic hydroxyl groups is 1. The van der Waals surface area contributed by atoms with E-state index in [0.29, 0.717) is 0 Å². The van der Waals surface area contributed by atoms with Gasteiger partial charge in [-0.3, -0.25) is 14.4 Å². The quantitative estimate of drug-likeness (QED) is 0.390. The van der Waals surface area contributed by atoms with Crippen LogP contribution in [-0.2, 0) is 14.4 Å². The number of rotatable bonds is 6. The number of carboxylic acids is 1. The van der Waals surface area contributed by atoms with Crippen molar-refractivity contribution in [3.63, 3.8) is 0 Å². The molecule has 5 N–H and O–H groups in total. The Morgan fingerprint density at radius 1 is 1.36 bits per heavy atom. The number of hydrogen-bond acceptors (Lipinski definition) is 4. The highest BCUT2D eigenvalue weighted by atomic mass is 16.4. The summed E-state index contributed by atoms with van der Waals surface area (Å²) in [4.78, 5) is 31.8. The van der Waals surface area contributed by atoms with Gasteiger partial charge in [-0.25, -0.2) is 0 Å². The molecule has 14 heavy (non-hydrogen) atoms. The molecular formula is C7H12N2O5. The number of aliphatic hydroxyl groups excluding tert-OH is 1. The van der Waals surface area contributed by atoms with Gasteiger partial charge in [0.1, 0.15) is 6.04 Å². The molecule has 0 radical (unpaired) electrons. The zero-order valence-corrected chi connectivity index (χ0v) is 7.40. The second-order valence-electron chi connectivity index (χ2n) is 2.59. The van der Waals surface area contributed by atoms with Crippen molar-refractivity contribution in [2.45, 2.75) is 18.9 Å². The fraction of sp³-hybridized carbons (Fsp3) is 0.571. The van der Waals surface area contributed by atoms with Crippen molar-refractivity contribution >= 4 is 17.8 Å². The predicted octanol–water partition coefficient (Wildman–Crippen LogP) is -2.19. The van der Waals surface area contributed by atoms with Crippen LogP contribution in [0.15, 0.2) is 0 Å². The number of nitrogens with one attached hydrogen (secondary N) is 1. The van der Waals surface area contributed by atoms with Crippen molar-refractivity contribution in [1.82, 2.24) is 5.32 Å². The molecule has 7 heteroatoms. The van der Waals surface area contributed by atoms with Crippen LogP contribution in [-0.4, -0.2) is 40.6 Å². The first-order valence-corrected chi connectivity index (χ1v) is 3.88. The van der Waals surface area contributed by atoms with Crippen LogP contribution in [0.2, 0.25) is 0 Å². The number of carboxylic acid groups (broad SMARTS) is 1. The second kappa shape index (κ2) is 5.92. The first kappa shape index (κ1) is 12.4. The van der Waals surface area contributed by atoms with Gasteiger partial charge in [0.15, 0.2) is 0 Å². The Morgan fingerprint density at radius 3 is 2.29 bits per heavy atom. The van der Waals surface area contributed by atoms with Gasteiger partial charge in [-0.1, -0.05) is 0 Å². The first-order valence-electron chi connectivity index (χ1n) is 3.88. The van der Waals surface area contributed by atoms with Gasteiger partial charge in [0.25, 0.3) is 0 Å². The van der Waals surface area contributed by atoms with Crippen molar-refractivity contribution in [2.24, 2.45) is 5.73 Å². The highest BCUT2D eigenvalue weighted by molar-refractivity contribution is 5.89. The highest BCUT2D eigenvalue weighted by Crippen LogP contribution is 1.92. The summed E-state index contributed by atoms with van der Waals surface area (Å²) in [6, 6.07) is -1.23. The number of hydrogen-bond donors (Lipinski definition) is 4. The molecule has 1 atom stereocenters. The number of carbonyl (C=O) groups excluding carboxylic acids is 2. The van der Waals surface area contributed by atoms with Crippen LogP contribution in [0.3, 0.4) is 0 Å². The van der Waals surface area contributed by atoms with E-state index in [2.05, 4.69) is 5.32 Å². The van der Waals surface area contributed by atoms with Gasteiger partial charge in [-0.2, -0.15) is 0 Å². The molecule has 0 aliphatic rings. The molecule has 7 nitrogen and oxygen atoms in total. The molecule has 0 spiro atoms. The van der Waals surface area contributed by atoms with Crippen LogP contribution in [0.5, 0.6) is 0 Å². The lowest BCUT2D eigenvalue weighted by Crippen LogP contribution is -2.45. The molecule has 0 rings (SSSR count). The average Bonchev–Trinajstić information content (AvgIpc) is 2.02. The molecule has 0 aromatic heterocycles. The summed E-state index contributed by atoms with van der Waals surface area (Å²) in [5.74, 6) is -2.77. The monoisotopic (exact) mass is 204 g/mol. The molecule has 0 fully saturated rings.